The van der Waals surface area contributed by atoms with Gasteiger partial charge in [-0.25, -0.2) is 19.2 Å². The molecule has 1 aliphatic heterocycles. The highest BCUT2D eigenvalue weighted by atomic mass is 19.1. The second-order valence-electron chi connectivity index (χ2n) is 10.8. The van der Waals surface area contributed by atoms with E-state index in [0.717, 1.165) is 54.9 Å². The van der Waals surface area contributed by atoms with Crippen LogP contribution in [-0.4, -0.2) is 65.3 Å². The van der Waals surface area contributed by atoms with Gasteiger partial charge < -0.3 is 28.6 Å². The number of ether oxygens (including phenoxy) is 3. The lowest BCUT2D eigenvalue weighted by molar-refractivity contribution is 0.00170. The van der Waals surface area contributed by atoms with E-state index in [1.54, 1.807) is 12.3 Å². The van der Waals surface area contributed by atoms with Crippen molar-refractivity contribution < 1.29 is 23.4 Å². The van der Waals surface area contributed by atoms with E-state index in [1.165, 1.54) is 12.1 Å². The maximum absolute atomic E-state index is 13.5. The number of fused-ring (bicyclic) bond motifs is 1. The van der Waals surface area contributed by atoms with Crippen molar-refractivity contribution in [3.63, 3.8) is 0 Å². The van der Waals surface area contributed by atoms with Crippen LogP contribution in [0, 0.1) is 11.7 Å². The van der Waals surface area contributed by atoms with Crippen molar-refractivity contribution in [2.24, 2.45) is 5.92 Å². The van der Waals surface area contributed by atoms with Gasteiger partial charge >= 0.3 is 6.16 Å². The van der Waals surface area contributed by atoms with Gasteiger partial charge in [-0.3, -0.25) is 0 Å². The van der Waals surface area contributed by atoms with Crippen molar-refractivity contribution in [3.05, 3.63) is 72.2 Å². The zero-order chi connectivity index (χ0) is 29.5. The van der Waals surface area contributed by atoms with Gasteiger partial charge in [-0.05, 0) is 55.0 Å². The van der Waals surface area contributed by atoms with Crippen molar-refractivity contribution in [1.29, 1.82) is 0 Å². The Balaban J connectivity index is 1.18. The zero-order valence-electron chi connectivity index (χ0n) is 24.3. The van der Waals surface area contributed by atoms with Crippen LogP contribution < -0.4 is 14.5 Å². The lowest BCUT2D eigenvalue weighted by atomic mass is 10.0. The molecule has 0 amide bonds. The minimum Gasteiger partial charge on any atom is -0.440 e. The molecule has 2 aromatic heterocycles. The Labute approximate surface area is 245 Å². The van der Waals surface area contributed by atoms with E-state index < -0.39 is 6.16 Å². The number of nitrogens with zero attached hydrogens (tertiary/aromatic N) is 6. The molecular weight excluding hydrogens is 539 g/mol. The van der Waals surface area contributed by atoms with E-state index in [-0.39, 0.29) is 18.7 Å². The molecule has 0 aliphatic carbocycles. The van der Waals surface area contributed by atoms with Gasteiger partial charge in [0, 0.05) is 38.4 Å². The van der Waals surface area contributed by atoms with Gasteiger partial charge in [0.15, 0.2) is 0 Å². The van der Waals surface area contributed by atoms with Crippen LogP contribution in [0.1, 0.15) is 38.7 Å². The molecule has 0 atom stereocenters. The molecule has 0 N–H and O–H groups in total. The number of aromatic nitrogens is 4. The summed E-state index contributed by atoms with van der Waals surface area (Å²) < 4.78 is 31.2. The van der Waals surface area contributed by atoms with Crippen LogP contribution in [0.25, 0.3) is 11.0 Å². The maximum atomic E-state index is 13.5. The molecule has 42 heavy (non-hydrogen) atoms. The molecule has 1 aliphatic rings. The van der Waals surface area contributed by atoms with Crippen LogP contribution >= 0.6 is 0 Å². The van der Waals surface area contributed by atoms with Crippen LogP contribution in [0.15, 0.2) is 60.8 Å². The Morgan fingerprint density at radius 3 is 2.57 bits per heavy atom. The van der Waals surface area contributed by atoms with Crippen LogP contribution in [0.5, 0.6) is 5.88 Å². The second-order valence-corrected chi connectivity index (χ2v) is 10.8. The van der Waals surface area contributed by atoms with Gasteiger partial charge in [0.2, 0.25) is 24.6 Å². The molecule has 3 heterocycles. The minimum atomic E-state index is -0.764. The summed E-state index contributed by atoms with van der Waals surface area (Å²) >= 11 is 0. The summed E-state index contributed by atoms with van der Waals surface area (Å²) in [6.45, 7) is 6.35. The van der Waals surface area contributed by atoms with Gasteiger partial charge in [-0.15, -0.1) is 0 Å². The number of imidazole rings is 1. The number of benzene rings is 2. The van der Waals surface area contributed by atoms with Crippen molar-refractivity contribution in [3.8, 4) is 5.88 Å². The molecule has 0 spiro atoms. The number of halogens is 1. The second kappa shape index (κ2) is 13.5. The lowest BCUT2D eigenvalue weighted by Gasteiger charge is -2.37. The van der Waals surface area contributed by atoms with Crippen molar-refractivity contribution in [2.75, 3.05) is 43.3 Å². The predicted octanol–water partition coefficient (Wildman–Crippen LogP) is 5.65. The van der Waals surface area contributed by atoms with Gasteiger partial charge in [0.1, 0.15) is 5.82 Å². The Morgan fingerprint density at radius 1 is 1.05 bits per heavy atom. The fraction of sp³-hybridized carbons (Fsp3) is 0.419. The number of piperidine rings is 1. The van der Waals surface area contributed by atoms with Crippen molar-refractivity contribution >= 4 is 29.1 Å². The summed E-state index contributed by atoms with van der Waals surface area (Å²) in [6, 6.07) is 16.6. The highest BCUT2D eigenvalue weighted by Crippen LogP contribution is 2.28. The van der Waals surface area contributed by atoms with E-state index in [9.17, 15) is 9.18 Å². The quantitative estimate of drug-likeness (QED) is 0.166. The first-order valence-corrected chi connectivity index (χ1v) is 14.3. The smallest absolute Gasteiger partial charge is 0.440 e. The topological polar surface area (TPSA) is 94.8 Å². The SMILES string of the molecule is CC(C)CCOC(=O)OCOc1ccnc(N(C)C2CCN(c3nc4ccccc4n3Cc3ccc(F)cc3)CC2)n1. The summed E-state index contributed by atoms with van der Waals surface area (Å²) in [5, 5.41) is 0. The first-order valence-electron chi connectivity index (χ1n) is 14.3. The number of hydrogen-bond donors (Lipinski definition) is 0. The van der Waals surface area contributed by atoms with Gasteiger partial charge in [0.05, 0.1) is 24.2 Å². The van der Waals surface area contributed by atoms with E-state index >= 15 is 0 Å². The molecule has 2 aromatic carbocycles. The van der Waals surface area contributed by atoms with Crippen molar-refractivity contribution in [1.82, 2.24) is 19.5 Å². The Morgan fingerprint density at radius 2 is 1.81 bits per heavy atom. The Kier molecular flexibility index (Phi) is 9.35. The monoisotopic (exact) mass is 576 g/mol. The molecule has 0 unspecified atom stereocenters. The Bertz CT molecular complexity index is 1470. The summed E-state index contributed by atoms with van der Waals surface area (Å²) in [7, 11) is 1.98. The first-order chi connectivity index (χ1) is 20.4. The van der Waals surface area contributed by atoms with E-state index in [0.29, 0.717) is 30.9 Å². The maximum Gasteiger partial charge on any atom is 0.511 e. The zero-order valence-corrected chi connectivity index (χ0v) is 24.3. The van der Waals surface area contributed by atoms with E-state index in [2.05, 4.69) is 44.2 Å². The number of carbonyl (C=O) groups excluding carboxylic acids is 1. The van der Waals surface area contributed by atoms with E-state index in [4.69, 9.17) is 19.2 Å². The molecule has 4 aromatic rings. The first kappa shape index (κ1) is 29.1. The highest BCUT2D eigenvalue weighted by molar-refractivity contribution is 5.79. The summed E-state index contributed by atoms with van der Waals surface area (Å²) in [5.74, 6) is 1.96. The third kappa shape index (κ3) is 7.26. The number of hydrogen-bond acceptors (Lipinski definition) is 9. The Hall–Kier alpha value is -4.41. The minimum absolute atomic E-state index is 0.221. The molecule has 5 rings (SSSR count). The number of para-hydroxylation sites is 2. The number of rotatable bonds is 11. The van der Waals surface area contributed by atoms with Gasteiger partial charge in [-0.1, -0.05) is 38.1 Å². The molecule has 1 saturated heterocycles. The molecule has 10 nitrogen and oxygen atoms in total. The van der Waals surface area contributed by atoms with Crippen LogP contribution in [0.2, 0.25) is 0 Å². The van der Waals surface area contributed by atoms with Gasteiger partial charge in [-0.2, -0.15) is 4.98 Å². The summed E-state index contributed by atoms with van der Waals surface area (Å²) in [5.41, 5.74) is 3.00. The summed E-state index contributed by atoms with van der Waals surface area (Å²) in [4.78, 5) is 30.0. The third-order valence-corrected chi connectivity index (χ3v) is 7.41. The number of carbonyl (C=O) groups is 1. The van der Waals surface area contributed by atoms with E-state index in [1.807, 2.05) is 37.4 Å². The van der Waals surface area contributed by atoms with Crippen LogP contribution in [-0.2, 0) is 16.0 Å². The lowest BCUT2D eigenvalue weighted by Crippen LogP contribution is -2.44. The molecule has 0 radical (unpaired) electrons. The molecule has 0 saturated carbocycles. The largest absolute Gasteiger partial charge is 0.511 e. The van der Waals surface area contributed by atoms with Crippen LogP contribution in [0.3, 0.4) is 0 Å². The number of anilines is 2. The fourth-order valence-corrected chi connectivity index (χ4v) is 4.99. The molecule has 1 fully saturated rings. The summed E-state index contributed by atoms with van der Waals surface area (Å²) in [6.07, 6.45) is 3.40. The predicted molar refractivity (Wildman–Crippen MR) is 158 cm³/mol. The highest BCUT2D eigenvalue weighted by Gasteiger charge is 2.27. The fourth-order valence-electron chi connectivity index (χ4n) is 4.99. The molecular formula is C31H37FN6O4. The molecule has 222 valence electrons. The van der Waals surface area contributed by atoms with Gasteiger partial charge in [0.25, 0.3) is 0 Å². The molecule has 11 heteroatoms. The molecule has 0 bridgehead atoms. The van der Waals surface area contributed by atoms with Crippen molar-refractivity contribution in [2.45, 2.75) is 45.7 Å². The standard InChI is InChI=1S/C31H37FN6O4/c1-22(2)15-19-40-31(39)42-21-41-28-12-16-33-29(35-28)36(3)25-13-17-37(18-14-25)30-34-26-6-4-5-7-27(26)38(30)20-23-8-10-24(32)11-9-23/h4-12,16,22,25H,13-15,17-21H2,1-3H3. The third-order valence-electron chi connectivity index (χ3n) is 7.41. The average Bonchev–Trinajstić information content (AvgIpc) is 3.36. The van der Waals surface area contributed by atoms with Crippen LogP contribution in [0.4, 0.5) is 21.1 Å². The average molecular weight is 577 g/mol. The normalized spacial score (nSPS) is 13.9.